The maximum absolute atomic E-state index is 5.70. The summed E-state index contributed by atoms with van der Waals surface area (Å²) in [5.74, 6) is 2.47. The van der Waals surface area contributed by atoms with Gasteiger partial charge in [0.1, 0.15) is 11.5 Å². The minimum atomic E-state index is 0.457. The van der Waals surface area contributed by atoms with E-state index in [1.165, 1.54) is 0 Å². The first-order valence-electron chi connectivity index (χ1n) is 7.46. The molecule has 0 aliphatic heterocycles. The molecule has 0 radical (unpaired) electrons. The van der Waals surface area contributed by atoms with E-state index in [0.29, 0.717) is 31.8 Å². The second-order valence-corrected chi connectivity index (χ2v) is 5.85. The summed E-state index contributed by atoms with van der Waals surface area (Å²) < 4.78 is 16.8. The lowest BCUT2D eigenvalue weighted by atomic mass is 10.2. The van der Waals surface area contributed by atoms with Gasteiger partial charge in [-0.25, -0.2) is 0 Å². The van der Waals surface area contributed by atoms with Crippen molar-refractivity contribution < 1.29 is 13.9 Å². The summed E-state index contributed by atoms with van der Waals surface area (Å²) in [5, 5.41) is 3.34. The van der Waals surface area contributed by atoms with E-state index in [4.69, 9.17) is 13.9 Å². The second-order valence-electron chi connectivity index (χ2n) is 5.85. The molecule has 1 heterocycles. The fourth-order valence-corrected chi connectivity index (χ4v) is 1.74. The summed E-state index contributed by atoms with van der Waals surface area (Å²) in [6.45, 7) is 13.9. The molecule has 0 aliphatic rings. The van der Waals surface area contributed by atoms with Crippen LogP contribution in [0.3, 0.4) is 0 Å². The van der Waals surface area contributed by atoms with Crippen LogP contribution in [0, 0.1) is 12.8 Å². The van der Waals surface area contributed by atoms with Gasteiger partial charge in [0.2, 0.25) is 0 Å². The zero-order valence-corrected chi connectivity index (χ0v) is 13.5. The normalized spacial score (nSPS) is 11.8. The van der Waals surface area contributed by atoms with E-state index in [1.54, 1.807) is 0 Å². The van der Waals surface area contributed by atoms with E-state index in [0.717, 1.165) is 30.2 Å². The van der Waals surface area contributed by atoms with E-state index in [2.05, 4.69) is 39.1 Å². The molecule has 0 aromatic carbocycles. The van der Waals surface area contributed by atoms with Crippen molar-refractivity contribution in [2.24, 2.45) is 5.92 Å². The minimum Gasteiger partial charge on any atom is -0.465 e. The Kier molecular flexibility index (Phi) is 7.88. The third-order valence-corrected chi connectivity index (χ3v) is 2.84. The molecule has 1 aromatic rings. The SMILES string of the molecule is Cc1oc(CNC(C)C)cc1COCCOCC(C)C. The molecule has 0 unspecified atom stereocenters. The lowest BCUT2D eigenvalue weighted by molar-refractivity contribution is 0.0311. The smallest absolute Gasteiger partial charge is 0.118 e. The first kappa shape index (κ1) is 17.2. The summed E-state index contributed by atoms with van der Waals surface area (Å²) in [7, 11) is 0. The standard InChI is InChI=1S/C16H29NO3/c1-12(2)10-18-6-7-19-11-15-8-16(20-14(15)5)9-17-13(3)4/h8,12-13,17H,6-7,9-11H2,1-5H3. The highest BCUT2D eigenvalue weighted by atomic mass is 16.5. The predicted octanol–water partition coefficient (Wildman–Crippen LogP) is 3.28. The maximum atomic E-state index is 5.70. The van der Waals surface area contributed by atoms with Gasteiger partial charge in [-0.05, 0) is 18.9 Å². The second kappa shape index (κ2) is 9.16. The van der Waals surface area contributed by atoms with E-state index in [1.807, 2.05) is 6.92 Å². The van der Waals surface area contributed by atoms with Gasteiger partial charge in [-0.3, -0.25) is 0 Å². The Bertz CT molecular complexity index is 372. The molecule has 4 heteroatoms. The number of ether oxygens (including phenoxy) is 2. The molecule has 0 atom stereocenters. The monoisotopic (exact) mass is 283 g/mol. The first-order chi connectivity index (χ1) is 9.49. The maximum Gasteiger partial charge on any atom is 0.118 e. The van der Waals surface area contributed by atoms with Crippen LogP contribution in [0.2, 0.25) is 0 Å². The van der Waals surface area contributed by atoms with E-state index >= 15 is 0 Å². The van der Waals surface area contributed by atoms with Crippen molar-refractivity contribution in [2.45, 2.75) is 53.8 Å². The molecule has 1 N–H and O–H groups in total. The number of hydrogen-bond acceptors (Lipinski definition) is 4. The van der Waals surface area contributed by atoms with Gasteiger partial charge in [0.05, 0.1) is 26.4 Å². The third-order valence-electron chi connectivity index (χ3n) is 2.84. The van der Waals surface area contributed by atoms with Crippen LogP contribution in [0.1, 0.15) is 44.8 Å². The molecule has 1 aromatic heterocycles. The van der Waals surface area contributed by atoms with Gasteiger partial charge >= 0.3 is 0 Å². The number of hydrogen-bond donors (Lipinski definition) is 1. The van der Waals surface area contributed by atoms with Crippen LogP contribution in [0.15, 0.2) is 10.5 Å². The average molecular weight is 283 g/mol. The molecule has 20 heavy (non-hydrogen) atoms. The lowest BCUT2D eigenvalue weighted by Gasteiger charge is -2.07. The van der Waals surface area contributed by atoms with Crippen LogP contribution in [-0.2, 0) is 22.6 Å². The van der Waals surface area contributed by atoms with Gasteiger partial charge < -0.3 is 19.2 Å². The van der Waals surface area contributed by atoms with Crippen LogP contribution in [0.5, 0.6) is 0 Å². The Morgan fingerprint density at radius 2 is 1.85 bits per heavy atom. The topological polar surface area (TPSA) is 43.6 Å². The van der Waals surface area contributed by atoms with Gasteiger partial charge in [-0.15, -0.1) is 0 Å². The Morgan fingerprint density at radius 1 is 1.15 bits per heavy atom. The highest BCUT2D eigenvalue weighted by molar-refractivity contribution is 5.19. The Morgan fingerprint density at radius 3 is 2.50 bits per heavy atom. The summed E-state index contributed by atoms with van der Waals surface area (Å²) in [5.41, 5.74) is 1.12. The van der Waals surface area contributed by atoms with Crippen molar-refractivity contribution >= 4 is 0 Å². The van der Waals surface area contributed by atoms with E-state index < -0.39 is 0 Å². The van der Waals surface area contributed by atoms with Crippen LogP contribution < -0.4 is 5.32 Å². The van der Waals surface area contributed by atoms with Crippen molar-refractivity contribution in [3.8, 4) is 0 Å². The van der Waals surface area contributed by atoms with Gasteiger partial charge in [-0.2, -0.15) is 0 Å². The van der Waals surface area contributed by atoms with E-state index in [9.17, 15) is 0 Å². The zero-order chi connectivity index (χ0) is 15.0. The van der Waals surface area contributed by atoms with Gasteiger partial charge in [-0.1, -0.05) is 27.7 Å². The fourth-order valence-electron chi connectivity index (χ4n) is 1.74. The van der Waals surface area contributed by atoms with Crippen molar-refractivity contribution in [1.29, 1.82) is 0 Å². The van der Waals surface area contributed by atoms with Crippen LogP contribution >= 0.6 is 0 Å². The number of aryl methyl sites for hydroxylation is 1. The molecule has 1 rings (SSSR count). The molecule has 4 nitrogen and oxygen atoms in total. The fraction of sp³-hybridized carbons (Fsp3) is 0.750. The molecular formula is C16H29NO3. The van der Waals surface area contributed by atoms with Gasteiger partial charge in [0.15, 0.2) is 0 Å². The average Bonchev–Trinajstić information content (AvgIpc) is 2.71. The molecule has 116 valence electrons. The number of nitrogens with one attached hydrogen (secondary N) is 1. The van der Waals surface area contributed by atoms with Gasteiger partial charge in [0, 0.05) is 18.2 Å². The van der Waals surface area contributed by atoms with Gasteiger partial charge in [0.25, 0.3) is 0 Å². The van der Waals surface area contributed by atoms with Crippen LogP contribution in [0.4, 0.5) is 0 Å². The Labute approximate surface area is 122 Å². The summed E-state index contributed by atoms with van der Waals surface area (Å²) in [4.78, 5) is 0. The summed E-state index contributed by atoms with van der Waals surface area (Å²) >= 11 is 0. The lowest BCUT2D eigenvalue weighted by Crippen LogP contribution is -2.21. The largest absolute Gasteiger partial charge is 0.465 e. The molecule has 0 saturated carbocycles. The Balaban J connectivity index is 2.23. The molecule has 0 amide bonds. The van der Waals surface area contributed by atoms with Crippen LogP contribution in [0.25, 0.3) is 0 Å². The minimum absolute atomic E-state index is 0.457. The third kappa shape index (κ3) is 7.08. The summed E-state index contributed by atoms with van der Waals surface area (Å²) in [6.07, 6.45) is 0. The molecule has 0 aliphatic carbocycles. The molecular weight excluding hydrogens is 254 g/mol. The Hall–Kier alpha value is -0.840. The quantitative estimate of drug-likeness (QED) is 0.669. The number of rotatable bonds is 10. The van der Waals surface area contributed by atoms with Crippen LogP contribution in [-0.4, -0.2) is 25.9 Å². The first-order valence-corrected chi connectivity index (χ1v) is 7.46. The molecule has 0 bridgehead atoms. The number of furan rings is 1. The van der Waals surface area contributed by atoms with Crippen molar-refractivity contribution in [1.82, 2.24) is 5.32 Å². The highest BCUT2D eigenvalue weighted by Gasteiger charge is 2.08. The van der Waals surface area contributed by atoms with Crippen molar-refractivity contribution in [3.05, 3.63) is 23.2 Å². The predicted molar refractivity (Wildman–Crippen MR) is 80.7 cm³/mol. The van der Waals surface area contributed by atoms with Crippen molar-refractivity contribution in [3.63, 3.8) is 0 Å². The molecule has 0 saturated heterocycles. The molecule has 0 fully saturated rings. The zero-order valence-electron chi connectivity index (χ0n) is 13.5. The van der Waals surface area contributed by atoms with E-state index in [-0.39, 0.29) is 0 Å². The highest BCUT2D eigenvalue weighted by Crippen LogP contribution is 2.15. The molecule has 0 spiro atoms. The summed E-state index contributed by atoms with van der Waals surface area (Å²) in [6, 6.07) is 2.53. The van der Waals surface area contributed by atoms with Crippen molar-refractivity contribution in [2.75, 3.05) is 19.8 Å².